The van der Waals surface area contributed by atoms with E-state index in [-0.39, 0.29) is 5.41 Å². The summed E-state index contributed by atoms with van der Waals surface area (Å²) in [6.07, 6.45) is 5.38. The van der Waals surface area contributed by atoms with Crippen LogP contribution >= 0.6 is 0 Å². The standard InChI is InChI=1S/C10H16N2O/c11-4-3-10(1-2-10)7-13-9-5-8(12)6-9/h8-9H,1-3,5-7,12H2. The van der Waals surface area contributed by atoms with Gasteiger partial charge in [0.1, 0.15) is 0 Å². The van der Waals surface area contributed by atoms with Crippen molar-refractivity contribution >= 4 is 0 Å². The normalized spacial score (nSPS) is 34.8. The second-order valence-electron chi connectivity index (χ2n) is 4.50. The predicted octanol–water partition coefficient (Wildman–Crippen LogP) is 1.19. The first kappa shape index (κ1) is 8.98. The van der Waals surface area contributed by atoms with E-state index in [0.717, 1.165) is 19.4 Å². The van der Waals surface area contributed by atoms with Gasteiger partial charge in [0.15, 0.2) is 0 Å². The maximum absolute atomic E-state index is 8.59. The third kappa shape index (κ3) is 2.01. The van der Waals surface area contributed by atoms with Crippen LogP contribution in [0.4, 0.5) is 0 Å². The summed E-state index contributed by atoms with van der Waals surface area (Å²) in [7, 11) is 0. The van der Waals surface area contributed by atoms with Gasteiger partial charge in [-0.05, 0) is 25.7 Å². The molecule has 0 bridgehead atoms. The van der Waals surface area contributed by atoms with Gasteiger partial charge in [-0.3, -0.25) is 0 Å². The highest BCUT2D eigenvalue weighted by Crippen LogP contribution is 2.49. The number of hydrogen-bond acceptors (Lipinski definition) is 3. The van der Waals surface area contributed by atoms with E-state index in [1.54, 1.807) is 0 Å². The van der Waals surface area contributed by atoms with Crippen LogP contribution in [0.2, 0.25) is 0 Å². The molecule has 2 rings (SSSR count). The van der Waals surface area contributed by atoms with E-state index in [1.165, 1.54) is 12.8 Å². The van der Waals surface area contributed by atoms with Crippen LogP contribution in [0.3, 0.4) is 0 Å². The Bertz CT molecular complexity index is 224. The zero-order chi connectivity index (χ0) is 9.31. The lowest BCUT2D eigenvalue weighted by Gasteiger charge is -2.33. The van der Waals surface area contributed by atoms with Gasteiger partial charge in [-0.15, -0.1) is 0 Å². The van der Waals surface area contributed by atoms with Crippen LogP contribution in [-0.4, -0.2) is 18.8 Å². The lowest BCUT2D eigenvalue weighted by Crippen LogP contribution is -2.42. The Morgan fingerprint density at radius 3 is 2.62 bits per heavy atom. The highest BCUT2D eigenvalue weighted by atomic mass is 16.5. The van der Waals surface area contributed by atoms with Crippen LogP contribution in [0.15, 0.2) is 0 Å². The molecule has 0 aromatic carbocycles. The Morgan fingerprint density at radius 1 is 1.46 bits per heavy atom. The van der Waals surface area contributed by atoms with Crippen molar-refractivity contribution in [2.45, 2.75) is 44.2 Å². The molecular formula is C10H16N2O. The fraction of sp³-hybridized carbons (Fsp3) is 0.900. The van der Waals surface area contributed by atoms with Crippen LogP contribution in [0.1, 0.15) is 32.1 Å². The van der Waals surface area contributed by atoms with Crippen molar-refractivity contribution in [1.82, 2.24) is 0 Å². The van der Waals surface area contributed by atoms with Crippen molar-refractivity contribution in [2.75, 3.05) is 6.61 Å². The monoisotopic (exact) mass is 180 g/mol. The molecule has 0 saturated heterocycles. The number of ether oxygens (including phenoxy) is 1. The fourth-order valence-electron chi connectivity index (χ4n) is 1.75. The Kier molecular flexibility index (Phi) is 2.27. The van der Waals surface area contributed by atoms with Crippen LogP contribution < -0.4 is 5.73 Å². The fourth-order valence-corrected chi connectivity index (χ4v) is 1.75. The van der Waals surface area contributed by atoms with Gasteiger partial charge < -0.3 is 10.5 Å². The molecule has 72 valence electrons. The van der Waals surface area contributed by atoms with Crippen molar-refractivity contribution in [3.63, 3.8) is 0 Å². The van der Waals surface area contributed by atoms with Crippen molar-refractivity contribution < 1.29 is 4.74 Å². The molecule has 0 heterocycles. The summed E-state index contributed by atoms with van der Waals surface area (Å²) < 4.78 is 5.70. The molecular weight excluding hydrogens is 164 g/mol. The average Bonchev–Trinajstić information content (AvgIpc) is 2.78. The first-order chi connectivity index (χ1) is 6.24. The van der Waals surface area contributed by atoms with Crippen molar-refractivity contribution in [1.29, 1.82) is 5.26 Å². The van der Waals surface area contributed by atoms with E-state index in [9.17, 15) is 0 Å². The van der Waals surface area contributed by atoms with Gasteiger partial charge in [0, 0.05) is 17.9 Å². The van der Waals surface area contributed by atoms with Crippen LogP contribution in [0.25, 0.3) is 0 Å². The van der Waals surface area contributed by atoms with Gasteiger partial charge in [-0.2, -0.15) is 5.26 Å². The van der Waals surface area contributed by atoms with Crippen LogP contribution in [-0.2, 0) is 4.74 Å². The topological polar surface area (TPSA) is 59.0 Å². The highest BCUT2D eigenvalue weighted by molar-refractivity contribution is 4.99. The molecule has 3 heteroatoms. The minimum absolute atomic E-state index is 0.231. The summed E-state index contributed by atoms with van der Waals surface area (Å²) in [6.45, 7) is 0.776. The summed E-state index contributed by atoms with van der Waals surface area (Å²) >= 11 is 0. The maximum Gasteiger partial charge on any atom is 0.0628 e. The molecule has 0 atom stereocenters. The zero-order valence-electron chi connectivity index (χ0n) is 7.83. The third-order valence-electron chi connectivity index (χ3n) is 3.17. The van der Waals surface area contributed by atoms with Gasteiger partial charge in [0.2, 0.25) is 0 Å². The molecule has 2 aliphatic rings. The number of rotatable bonds is 4. The van der Waals surface area contributed by atoms with Gasteiger partial charge in [0.25, 0.3) is 0 Å². The van der Waals surface area contributed by atoms with Gasteiger partial charge in [-0.1, -0.05) is 0 Å². The molecule has 0 spiro atoms. The summed E-state index contributed by atoms with van der Waals surface area (Å²) in [5, 5.41) is 8.59. The number of nitrogens with zero attached hydrogens (tertiary/aromatic N) is 1. The third-order valence-corrected chi connectivity index (χ3v) is 3.17. The molecule has 0 unspecified atom stereocenters. The Labute approximate surface area is 78.9 Å². The zero-order valence-corrected chi connectivity index (χ0v) is 7.83. The maximum atomic E-state index is 8.59. The number of nitrogens with two attached hydrogens (primary N) is 1. The molecule has 0 aliphatic heterocycles. The summed E-state index contributed by atoms with van der Waals surface area (Å²) in [6, 6.07) is 2.59. The molecule has 2 fully saturated rings. The van der Waals surface area contributed by atoms with E-state index in [1.807, 2.05) is 0 Å². The molecule has 0 radical (unpaired) electrons. The summed E-state index contributed by atoms with van der Waals surface area (Å²) in [4.78, 5) is 0. The molecule has 2 aliphatic carbocycles. The largest absolute Gasteiger partial charge is 0.377 e. The van der Waals surface area contributed by atoms with E-state index in [2.05, 4.69) is 6.07 Å². The lowest BCUT2D eigenvalue weighted by atomic mass is 9.90. The minimum atomic E-state index is 0.231. The smallest absolute Gasteiger partial charge is 0.0628 e. The molecule has 2 N–H and O–H groups in total. The van der Waals surface area contributed by atoms with E-state index < -0.39 is 0 Å². The Hall–Kier alpha value is -0.590. The lowest BCUT2D eigenvalue weighted by molar-refractivity contribution is -0.0294. The van der Waals surface area contributed by atoms with Gasteiger partial charge in [0.05, 0.1) is 18.8 Å². The average molecular weight is 180 g/mol. The van der Waals surface area contributed by atoms with Crippen molar-refractivity contribution in [2.24, 2.45) is 11.1 Å². The summed E-state index contributed by atoms with van der Waals surface area (Å²) in [5.74, 6) is 0. The first-order valence-corrected chi connectivity index (χ1v) is 4.98. The second-order valence-corrected chi connectivity index (χ2v) is 4.50. The molecule has 0 aromatic rings. The molecule has 0 aromatic heterocycles. The SMILES string of the molecule is N#CCC1(COC2CC(N)C2)CC1. The predicted molar refractivity (Wildman–Crippen MR) is 48.8 cm³/mol. The number of nitriles is 1. The second kappa shape index (κ2) is 3.28. The Balaban J connectivity index is 1.66. The molecule has 3 nitrogen and oxygen atoms in total. The van der Waals surface area contributed by atoms with Gasteiger partial charge in [-0.25, -0.2) is 0 Å². The summed E-state index contributed by atoms with van der Waals surface area (Å²) in [5.41, 5.74) is 5.88. The van der Waals surface area contributed by atoms with Gasteiger partial charge >= 0.3 is 0 Å². The number of hydrogen-bond donors (Lipinski definition) is 1. The molecule has 13 heavy (non-hydrogen) atoms. The van der Waals surface area contributed by atoms with E-state index in [0.29, 0.717) is 18.6 Å². The molecule has 0 amide bonds. The highest BCUT2D eigenvalue weighted by Gasteiger charge is 2.43. The minimum Gasteiger partial charge on any atom is -0.377 e. The molecule has 2 saturated carbocycles. The van der Waals surface area contributed by atoms with Crippen molar-refractivity contribution in [3.8, 4) is 6.07 Å². The van der Waals surface area contributed by atoms with Crippen LogP contribution in [0.5, 0.6) is 0 Å². The Morgan fingerprint density at radius 2 is 2.15 bits per heavy atom. The first-order valence-electron chi connectivity index (χ1n) is 4.98. The van der Waals surface area contributed by atoms with Crippen LogP contribution in [0, 0.1) is 16.7 Å². The quantitative estimate of drug-likeness (QED) is 0.706. The van der Waals surface area contributed by atoms with E-state index >= 15 is 0 Å². The van der Waals surface area contributed by atoms with Crippen molar-refractivity contribution in [3.05, 3.63) is 0 Å². The van der Waals surface area contributed by atoms with E-state index in [4.69, 9.17) is 15.7 Å².